The average molecular weight is 577 g/mol. The first-order valence-electron chi connectivity index (χ1n) is 12.9. The molecule has 0 aliphatic carbocycles. The van der Waals surface area contributed by atoms with Crippen LogP contribution >= 0.6 is 0 Å². The summed E-state index contributed by atoms with van der Waals surface area (Å²) in [5.74, 6) is -1.12. The molecule has 0 bridgehead atoms. The number of fused-ring (bicyclic) bond motifs is 1. The number of hydrogen-bond acceptors (Lipinski definition) is 9. The van der Waals surface area contributed by atoms with Crippen LogP contribution in [0.25, 0.3) is 10.9 Å². The summed E-state index contributed by atoms with van der Waals surface area (Å²) in [7, 11) is -3.20. The molecular formula is C29H32N6O5S. The molecule has 2 unspecified atom stereocenters. The van der Waals surface area contributed by atoms with Gasteiger partial charge in [-0.25, -0.2) is 18.2 Å². The summed E-state index contributed by atoms with van der Waals surface area (Å²) in [6, 6.07) is 18.2. The predicted octanol–water partition coefficient (Wildman–Crippen LogP) is 2.90. The molecule has 2 aromatic carbocycles. The van der Waals surface area contributed by atoms with Crippen LogP contribution in [0.4, 0.5) is 11.5 Å². The van der Waals surface area contributed by atoms with Crippen LogP contribution in [0.15, 0.2) is 60.8 Å². The van der Waals surface area contributed by atoms with Crippen LogP contribution in [0.5, 0.6) is 0 Å². The molecule has 2 heterocycles. The van der Waals surface area contributed by atoms with Crippen molar-refractivity contribution in [3.8, 4) is 6.07 Å². The number of carboxylic acids is 1. The van der Waals surface area contributed by atoms with E-state index >= 15 is 0 Å². The number of nitrogens with zero attached hydrogens (tertiary/aromatic N) is 3. The van der Waals surface area contributed by atoms with Gasteiger partial charge >= 0.3 is 5.97 Å². The summed E-state index contributed by atoms with van der Waals surface area (Å²) in [5, 5.41) is 36.5. The van der Waals surface area contributed by atoms with Crippen LogP contribution in [0.3, 0.4) is 0 Å². The van der Waals surface area contributed by atoms with Crippen LogP contribution in [-0.4, -0.2) is 58.9 Å². The van der Waals surface area contributed by atoms with Gasteiger partial charge < -0.3 is 31.1 Å². The van der Waals surface area contributed by atoms with Crippen molar-refractivity contribution < 1.29 is 23.4 Å². The highest BCUT2D eigenvalue weighted by atomic mass is 32.2. The fourth-order valence-corrected chi connectivity index (χ4v) is 5.02. The van der Waals surface area contributed by atoms with Gasteiger partial charge in [0, 0.05) is 53.7 Å². The Labute approximate surface area is 238 Å². The highest BCUT2D eigenvalue weighted by molar-refractivity contribution is 7.90. The van der Waals surface area contributed by atoms with E-state index in [1.165, 1.54) is 12.3 Å². The average Bonchev–Trinajstić information content (AvgIpc) is 3.28. The molecule has 0 saturated heterocycles. The first-order chi connectivity index (χ1) is 19.4. The number of hydrogen-bond donors (Lipinski definition) is 5. The Hall–Kier alpha value is -4.44. The third kappa shape index (κ3) is 7.61. The van der Waals surface area contributed by atoms with Crippen molar-refractivity contribution >= 4 is 38.2 Å². The van der Waals surface area contributed by atoms with E-state index in [0.29, 0.717) is 24.2 Å². The van der Waals surface area contributed by atoms with E-state index in [0.717, 1.165) is 28.3 Å². The van der Waals surface area contributed by atoms with Gasteiger partial charge in [0.1, 0.15) is 23.5 Å². The SMILES string of the molecule is CC(Cc1ccc2c(c1)cc(C(=O)O)n2Cc1cccc(NCS(C)(=O)=O)c1)NCC(O)c1cnc(N)c(C#N)c1. The number of anilines is 2. The summed E-state index contributed by atoms with van der Waals surface area (Å²) in [5.41, 5.74) is 9.73. The predicted molar refractivity (Wildman–Crippen MR) is 157 cm³/mol. The van der Waals surface area contributed by atoms with Gasteiger partial charge in [0.05, 0.1) is 11.7 Å². The number of pyridine rings is 1. The second-order valence-corrected chi connectivity index (χ2v) is 12.2. The van der Waals surface area contributed by atoms with E-state index in [-0.39, 0.29) is 35.5 Å². The Kier molecular flexibility index (Phi) is 8.92. The smallest absolute Gasteiger partial charge is 0.352 e. The Bertz CT molecular complexity index is 1730. The van der Waals surface area contributed by atoms with E-state index in [1.807, 2.05) is 37.3 Å². The minimum Gasteiger partial charge on any atom is -0.477 e. The van der Waals surface area contributed by atoms with E-state index in [2.05, 4.69) is 15.6 Å². The van der Waals surface area contributed by atoms with Crippen molar-refractivity contribution in [1.82, 2.24) is 14.9 Å². The van der Waals surface area contributed by atoms with Crippen molar-refractivity contribution in [1.29, 1.82) is 5.26 Å². The van der Waals surface area contributed by atoms with Gasteiger partial charge in [0.2, 0.25) is 0 Å². The molecule has 0 spiro atoms. The molecule has 2 atom stereocenters. The van der Waals surface area contributed by atoms with E-state index in [1.54, 1.807) is 28.8 Å². The van der Waals surface area contributed by atoms with Crippen LogP contribution in [0.2, 0.25) is 0 Å². The Morgan fingerprint density at radius 2 is 1.95 bits per heavy atom. The molecule has 2 aromatic heterocycles. The lowest BCUT2D eigenvalue weighted by atomic mass is 10.0. The zero-order chi connectivity index (χ0) is 29.7. The van der Waals surface area contributed by atoms with Crippen molar-refractivity contribution in [2.75, 3.05) is 29.7 Å². The lowest BCUT2D eigenvalue weighted by Gasteiger charge is -2.18. The molecule has 0 radical (unpaired) electrons. The zero-order valence-corrected chi connectivity index (χ0v) is 23.5. The second-order valence-electron chi connectivity index (χ2n) is 10.1. The minimum absolute atomic E-state index is 0.0116. The van der Waals surface area contributed by atoms with Crippen molar-refractivity contribution in [2.24, 2.45) is 0 Å². The topological polar surface area (TPSA) is 183 Å². The maximum Gasteiger partial charge on any atom is 0.352 e. The zero-order valence-electron chi connectivity index (χ0n) is 22.7. The Balaban J connectivity index is 1.46. The van der Waals surface area contributed by atoms with Crippen molar-refractivity contribution in [2.45, 2.75) is 32.0 Å². The molecule has 0 fully saturated rings. The third-order valence-corrected chi connectivity index (χ3v) is 7.31. The molecular weight excluding hydrogens is 544 g/mol. The fraction of sp³-hybridized carbons (Fsp3) is 0.276. The Morgan fingerprint density at radius 3 is 2.66 bits per heavy atom. The van der Waals surface area contributed by atoms with Crippen LogP contribution in [0, 0.1) is 11.3 Å². The van der Waals surface area contributed by atoms with Crippen LogP contribution < -0.4 is 16.4 Å². The number of sulfone groups is 1. The molecule has 12 heteroatoms. The lowest BCUT2D eigenvalue weighted by molar-refractivity contribution is 0.0686. The van der Waals surface area contributed by atoms with Crippen molar-refractivity contribution in [3.63, 3.8) is 0 Å². The Morgan fingerprint density at radius 1 is 1.17 bits per heavy atom. The maximum atomic E-state index is 12.1. The number of aromatic carboxylic acids is 1. The number of aliphatic hydroxyl groups excluding tert-OH is 1. The number of rotatable bonds is 12. The standard InChI is InChI=1S/C29H32N6O5S/c1-18(32-15-27(36)23-11-22(13-30)28(31)33-14-23)8-19-6-7-25-21(9-19)12-26(29(37)38)35(25)16-20-4-3-5-24(10-20)34-17-41(2,39)40/h3-7,9-12,14,18,27,32,34,36H,8,15-17H2,1-2H3,(H2,31,33)(H,37,38). The first-order valence-corrected chi connectivity index (χ1v) is 14.9. The second kappa shape index (κ2) is 12.4. The molecule has 41 heavy (non-hydrogen) atoms. The van der Waals surface area contributed by atoms with E-state index in [4.69, 9.17) is 11.0 Å². The number of nitrogens with two attached hydrogens (primary N) is 1. The normalized spacial score (nSPS) is 13.0. The van der Waals surface area contributed by atoms with Crippen molar-refractivity contribution in [3.05, 3.63) is 88.7 Å². The molecule has 0 saturated carbocycles. The summed E-state index contributed by atoms with van der Waals surface area (Å²) in [6.07, 6.45) is 2.36. The largest absolute Gasteiger partial charge is 0.477 e. The number of nitrogens with one attached hydrogen (secondary N) is 2. The molecule has 214 valence electrons. The number of carbonyl (C=O) groups is 1. The minimum atomic E-state index is -3.20. The summed E-state index contributed by atoms with van der Waals surface area (Å²) < 4.78 is 24.7. The highest BCUT2D eigenvalue weighted by Gasteiger charge is 2.17. The number of nitrogen functional groups attached to an aromatic ring is 1. The highest BCUT2D eigenvalue weighted by Crippen LogP contribution is 2.25. The quantitative estimate of drug-likeness (QED) is 0.168. The first kappa shape index (κ1) is 29.5. The molecule has 4 aromatic rings. The molecule has 4 rings (SSSR count). The van der Waals surface area contributed by atoms with Crippen LogP contribution in [-0.2, 0) is 22.8 Å². The van der Waals surface area contributed by atoms with Crippen LogP contribution in [0.1, 0.15) is 45.8 Å². The van der Waals surface area contributed by atoms with Gasteiger partial charge in [-0.1, -0.05) is 18.2 Å². The van der Waals surface area contributed by atoms with Gasteiger partial charge in [0.15, 0.2) is 9.84 Å². The lowest BCUT2D eigenvalue weighted by Crippen LogP contribution is -2.32. The van der Waals surface area contributed by atoms with Gasteiger partial charge in [-0.15, -0.1) is 0 Å². The summed E-state index contributed by atoms with van der Waals surface area (Å²) in [6.45, 7) is 2.53. The molecule has 6 N–H and O–H groups in total. The molecule has 11 nitrogen and oxygen atoms in total. The van der Waals surface area contributed by atoms with Gasteiger partial charge in [-0.2, -0.15) is 5.26 Å². The van der Waals surface area contributed by atoms with Gasteiger partial charge in [-0.05, 0) is 60.9 Å². The number of benzene rings is 2. The summed E-state index contributed by atoms with van der Waals surface area (Å²) in [4.78, 5) is 16.0. The van der Waals surface area contributed by atoms with Gasteiger partial charge in [-0.3, -0.25) is 0 Å². The molecule has 0 aliphatic heterocycles. The number of carboxylic acid groups (broad SMARTS) is 1. The summed E-state index contributed by atoms with van der Waals surface area (Å²) >= 11 is 0. The number of nitriles is 1. The fourth-order valence-electron chi connectivity index (χ4n) is 4.59. The number of aromatic nitrogens is 2. The van der Waals surface area contributed by atoms with E-state index < -0.39 is 21.9 Å². The third-order valence-electron chi connectivity index (χ3n) is 6.64. The van der Waals surface area contributed by atoms with E-state index in [9.17, 15) is 23.4 Å². The monoisotopic (exact) mass is 576 g/mol. The molecule has 0 amide bonds. The number of aliphatic hydroxyl groups is 1. The molecule has 0 aliphatic rings. The van der Waals surface area contributed by atoms with Gasteiger partial charge in [0.25, 0.3) is 0 Å². The maximum absolute atomic E-state index is 12.1.